The third-order valence-electron chi connectivity index (χ3n) is 12.2. The number of carbonyl (C=O) groups is 4. The van der Waals surface area contributed by atoms with Gasteiger partial charge in [-0.1, -0.05) is 20.8 Å². The van der Waals surface area contributed by atoms with Crippen LogP contribution in [0.15, 0.2) is 0 Å². The summed E-state index contributed by atoms with van der Waals surface area (Å²) in [5.74, 6) is -4.06. The fourth-order valence-corrected chi connectivity index (χ4v) is 9.35. The highest BCUT2D eigenvalue weighted by atomic mass is 16.7. The van der Waals surface area contributed by atoms with Crippen LogP contribution in [0.4, 0.5) is 0 Å². The number of likely N-dealkylation sites (N-methyl/N-ethyl adjacent to an activating group) is 2. The van der Waals surface area contributed by atoms with Crippen LogP contribution in [0.5, 0.6) is 0 Å². The molecule has 3 rings (SSSR count). The molecule has 3 aliphatic heterocycles. The molecule has 3 aliphatic rings. The highest BCUT2D eigenvalue weighted by Crippen LogP contribution is 2.43. The molecule has 3 heterocycles. The second-order valence-corrected chi connectivity index (χ2v) is 18.9. The van der Waals surface area contributed by atoms with Crippen LogP contribution in [0.2, 0.25) is 0 Å². The number of carbonyl (C=O) groups excluding carboxylic acids is 4. The van der Waals surface area contributed by atoms with Gasteiger partial charge < -0.3 is 53.8 Å². The zero-order valence-corrected chi connectivity index (χ0v) is 37.3. The maximum atomic E-state index is 14.5. The van der Waals surface area contributed by atoms with Gasteiger partial charge in [-0.3, -0.25) is 19.2 Å². The van der Waals surface area contributed by atoms with Crippen LogP contribution in [0.1, 0.15) is 115 Å². The van der Waals surface area contributed by atoms with Gasteiger partial charge in [0.25, 0.3) is 0 Å². The van der Waals surface area contributed by atoms with Crippen LogP contribution >= 0.6 is 0 Å². The van der Waals surface area contributed by atoms with Crippen molar-refractivity contribution in [2.24, 2.45) is 23.7 Å². The van der Waals surface area contributed by atoms with Gasteiger partial charge in [-0.25, -0.2) is 0 Å². The van der Waals surface area contributed by atoms with Crippen LogP contribution < -0.4 is 5.32 Å². The molecule has 3 fully saturated rings. The minimum Gasteiger partial charge on any atom is -0.460 e. The normalized spacial score (nSPS) is 40.4. The van der Waals surface area contributed by atoms with Crippen molar-refractivity contribution >= 4 is 23.8 Å². The van der Waals surface area contributed by atoms with E-state index >= 15 is 0 Å². The van der Waals surface area contributed by atoms with E-state index in [0.29, 0.717) is 6.42 Å². The summed E-state index contributed by atoms with van der Waals surface area (Å²) in [6.45, 7) is 19.8. The first-order chi connectivity index (χ1) is 26.2. The Morgan fingerprint density at radius 1 is 1.05 bits per heavy atom. The second-order valence-electron chi connectivity index (χ2n) is 18.9. The van der Waals surface area contributed by atoms with Crippen molar-refractivity contribution in [2.75, 3.05) is 34.8 Å². The average Bonchev–Trinajstić information content (AvgIpc) is 3.08. The molecular formula is C42H75N3O12. The lowest BCUT2D eigenvalue weighted by atomic mass is 9.68. The Kier molecular flexibility index (Phi) is 17.0. The molecule has 15 atom stereocenters. The predicted octanol–water partition coefficient (Wildman–Crippen LogP) is 3.45. The Labute approximate surface area is 341 Å². The third-order valence-corrected chi connectivity index (χ3v) is 12.2. The highest BCUT2D eigenvalue weighted by molar-refractivity contribution is 5.89. The molecular weight excluding hydrogens is 738 g/mol. The lowest BCUT2D eigenvalue weighted by Gasteiger charge is -2.49. The summed E-state index contributed by atoms with van der Waals surface area (Å²) in [6, 6.07) is -1.21. The number of rotatable bonds is 10. The molecule has 3 saturated heterocycles. The van der Waals surface area contributed by atoms with Crippen LogP contribution in [0.3, 0.4) is 0 Å². The molecule has 0 spiro atoms. The molecule has 15 heteroatoms. The van der Waals surface area contributed by atoms with Crippen molar-refractivity contribution < 1.29 is 57.8 Å². The van der Waals surface area contributed by atoms with E-state index in [9.17, 15) is 29.4 Å². The summed E-state index contributed by atoms with van der Waals surface area (Å²) >= 11 is 0. The van der Waals surface area contributed by atoms with Crippen molar-refractivity contribution in [1.29, 1.82) is 0 Å². The summed E-state index contributed by atoms with van der Waals surface area (Å²) in [5, 5.41) is 27.3. The molecule has 15 nitrogen and oxygen atoms in total. The summed E-state index contributed by atoms with van der Waals surface area (Å²) in [4.78, 5) is 56.9. The number of aliphatic hydroxyl groups excluding tert-OH is 1. The smallest absolute Gasteiger partial charge is 0.306 e. The minimum atomic E-state index is -1.38. The zero-order chi connectivity index (χ0) is 43.4. The molecule has 0 aromatic rings. The van der Waals surface area contributed by atoms with Gasteiger partial charge >= 0.3 is 11.9 Å². The first kappa shape index (κ1) is 49.0. The molecule has 3 N–H and O–H groups in total. The monoisotopic (exact) mass is 814 g/mol. The predicted molar refractivity (Wildman–Crippen MR) is 213 cm³/mol. The minimum absolute atomic E-state index is 0.0153. The quantitative estimate of drug-likeness (QED) is 0.273. The SMILES string of the molecule is CO[C@]1(C)C[C@H](O[C@H]2[C@H](C)[C@@H](C[C@@H]3O[C@H](C)C[C@H](N(C)C)[C@H]3O)[C@](C)(O)C[C@@H](C)CN(C)C(=O)C(CCC(=O)OC(C)(C)C)NC(=O)[C@@H]2C)O[C@@H](C)[C@@H]1OC(C)=O. The van der Waals surface area contributed by atoms with Gasteiger partial charge in [0.1, 0.15) is 17.2 Å². The summed E-state index contributed by atoms with van der Waals surface area (Å²) in [5.41, 5.74) is -3.11. The molecule has 0 aromatic heterocycles. The van der Waals surface area contributed by atoms with E-state index in [1.807, 2.05) is 46.7 Å². The number of esters is 2. The maximum Gasteiger partial charge on any atom is 0.306 e. The molecule has 2 amide bonds. The van der Waals surface area contributed by atoms with E-state index in [4.69, 9.17) is 28.4 Å². The largest absolute Gasteiger partial charge is 0.460 e. The molecule has 57 heavy (non-hydrogen) atoms. The van der Waals surface area contributed by atoms with Crippen LogP contribution in [-0.2, 0) is 47.6 Å². The van der Waals surface area contributed by atoms with Gasteiger partial charge in [-0.15, -0.1) is 0 Å². The topological polar surface area (TPSA) is 183 Å². The molecule has 0 bridgehead atoms. The Hall–Kier alpha value is -2.40. The second kappa shape index (κ2) is 19.8. The Morgan fingerprint density at radius 3 is 2.25 bits per heavy atom. The first-order valence-electron chi connectivity index (χ1n) is 20.7. The lowest BCUT2D eigenvalue weighted by Crippen LogP contribution is -2.59. The summed E-state index contributed by atoms with van der Waals surface area (Å²) < 4.78 is 36.7. The van der Waals surface area contributed by atoms with E-state index in [2.05, 4.69) is 5.32 Å². The van der Waals surface area contributed by atoms with Crippen molar-refractivity contribution in [3.63, 3.8) is 0 Å². The van der Waals surface area contributed by atoms with Crippen molar-refractivity contribution in [1.82, 2.24) is 15.1 Å². The van der Waals surface area contributed by atoms with E-state index in [1.165, 1.54) is 18.9 Å². The van der Waals surface area contributed by atoms with Gasteiger partial charge in [0.05, 0.1) is 42.0 Å². The van der Waals surface area contributed by atoms with Crippen molar-refractivity contribution in [2.45, 2.75) is 186 Å². The molecule has 330 valence electrons. The van der Waals surface area contributed by atoms with Gasteiger partial charge in [0.15, 0.2) is 12.4 Å². The fourth-order valence-electron chi connectivity index (χ4n) is 9.35. The number of ether oxygens (including phenoxy) is 6. The third kappa shape index (κ3) is 13.0. The van der Waals surface area contributed by atoms with E-state index in [1.54, 1.807) is 48.6 Å². The Balaban J connectivity index is 2.12. The standard InChI is InChI=1S/C42H75N3O12/c1-23-20-41(10,51)29(19-32-35(48)31(44(12)13)18-24(2)53-32)25(3)36(56-34-21-42(11,52-15)37(27(5)54-34)55-28(6)46)26(4)38(49)43-30(39(50)45(14)22-23)16-17-33(47)57-40(7,8)9/h23-27,29-32,34-37,48,51H,16-22H2,1-15H3,(H,43,49)/t23-,24-,25-,26-,27+,29-,30?,31+,32+,34+,35-,36+,37+,41-,42-/m1/s1. The molecule has 0 radical (unpaired) electrons. The Morgan fingerprint density at radius 2 is 1.68 bits per heavy atom. The molecule has 0 aliphatic carbocycles. The zero-order valence-electron chi connectivity index (χ0n) is 37.3. The molecule has 0 saturated carbocycles. The molecule has 0 aromatic carbocycles. The fraction of sp³-hybridized carbons (Fsp3) is 0.905. The summed E-state index contributed by atoms with van der Waals surface area (Å²) in [6.07, 6.45) is -3.61. The van der Waals surface area contributed by atoms with Crippen molar-refractivity contribution in [3.8, 4) is 0 Å². The highest BCUT2D eigenvalue weighted by Gasteiger charge is 2.52. The van der Waals surface area contributed by atoms with Gasteiger partial charge in [0, 0.05) is 46.5 Å². The summed E-state index contributed by atoms with van der Waals surface area (Å²) in [7, 11) is 7.04. The number of methoxy groups -OCH3 is 1. The van der Waals surface area contributed by atoms with Gasteiger partial charge in [0.2, 0.25) is 11.8 Å². The first-order valence-corrected chi connectivity index (χ1v) is 20.7. The number of nitrogens with one attached hydrogen (secondary N) is 1. The van der Waals surface area contributed by atoms with Gasteiger partial charge in [-0.2, -0.15) is 0 Å². The van der Waals surface area contributed by atoms with Crippen LogP contribution in [-0.4, -0.2) is 150 Å². The van der Waals surface area contributed by atoms with Crippen LogP contribution in [0, 0.1) is 23.7 Å². The Bertz CT molecular complexity index is 1370. The maximum absolute atomic E-state index is 14.5. The van der Waals surface area contributed by atoms with E-state index in [0.717, 1.165) is 0 Å². The van der Waals surface area contributed by atoms with Crippen molar-refractivity contribution in [3.05, 3.63) is 0 Å². The average molecular weight is 814 g/mol. The van der Waals surface area contributed by atoms with Gasteiger partial charge in [-0.05, 0) is 106 Å². The number of amides is 2. The van der Waals surface area contributed by atoms with E-state index in [-0.39, 0.29) is 62.6 Å². The van der Waals surface area contributed by atoms with E-state index < -0.39 is 95.3 Å². The lowest BCUT2D eigenvalue weighted by molar-refractivity contribution is -0.300. The number of hydrogen-bond acceptors (Lipinski definition) is 13. The number of nitrogens with zero attached hydrogens (tertiary/aromatic N) is 2. The van der Waals surface area contributed by atoms with Crippen LogP contribution in [0.25, 0.3) is 0 Å². The number of hydrogen-bond donors (Lipinski definition) is 3. The molecule has 1 unspecified atom stereocenters. The number of aliphatic hydroxyl groups is 2.